The Morgan fingerprint density at radius 3 is 2.46 bits per heavy atom. The fourth-order valence-corrected chi connectivity index (χ4v) is 3.55. The van der Waals surface area contributed by atoms with Crippen molar-refractivity contribution >= 4 is 5.91 Å². The van der Waals surface area contributed by atoms with Gasteiger partial charge in [0.15, 0.2) is 6.29 Å². The molecule has 1 aliphatic heterocycles. The van der Waals surface area contributed by atoms with Gasteiger partial charge in [-0.15, -0.1) is 0 Å². The Balaban J connectivity index is 1.95. The van der Waals surface area contributed by atoms with Gasteiger partial charge in [0.1, 0.15) is 30.5 Å². The largest absolute Gasteiger partial charge is 0.394 e. The van der Waals surface area contributed by atoms with E-state index in [2.05, 4.69) is 5.32 Å². The van der Waals surface area contributed by atoms with E-state index in [1.807, 2.05) is 0 Å². The van der Waals surface area contributed by atoms with Crippen molar-refractivity contribution in [3.05, 3.63) is 0 Å². The third-order valence-electron chi connectivity index (χ3n) is 5.19. The van der Waals surface area contributed by atoms with E-state index >= 15 is 0 Å². The summed E-state index contributed by atoms with van der Waals surface area (Å²) in [5, 5.41) is 51.8. The fraction of sp³-hybridized carbons (Fsp3) is 0.938. The first-order chi connectivity index (χ1) is 13.2. The number of ether oxygens (including phenoxy) is 2. The molecule has 12 N–H and O–H groups in total. The SMILES string of the molecule is NCC[C@H](O)C(=O)N[C@@H]1CC(N)C(OC2OC(CO)C(O)C(O)C2N)[C@H](O)C1. The maximum atomic E-state index is 11.9. The van der Waals surface area contributed by atoms with Gasteiger partial charge in [-0.1, -0.05) is 0 Å². The summed E-state index contributed by atoms with van der Waals surface area (Å²) < 4.78 is 11.1. The van der Waals surface area contributed by atoms with E-state index in [-0.39, 0.29) is 25.8 Å². The van der Waals surface area contributed by atoms with Gasteiger partial charge < -0.3 is 57.5 Å². The van der Waals surface area contributed by atoms with Gasteiger partial charge in [0.2, 0.25) is 5.91 Å². The third-order valence-corrected chi connectivity index (χ3v) is 5.19. The van der Waals surface area contributed by atoms with Gasteiger partial charge in [0.05, 0.1) is 18.8 Å². The maximum absolute atomic E-state index is 11.9. The summed E-state index contributed by atoms with van der Waals surface area (Å²) in [6.07, 6.45) is -7.75. The minimum absolute atomic E-state index is 0.121. The smallest absolute Gasteiger partial charge is 0.249 e. The summed E-state index contributed by atoms with van der Waals surface area (Å²) in [6.45, 7) is -0.391. The van der Waals surface area contributed by atoms with Gasteiger partial charge in [0.25, 0.3) is 0 Å². The highest BCUT2D eigenvalue weighted by atomic mass is 16.7. The molecule has 0 spiro atoms. The molecule has 1 saturated heterocycles. The Morgan fingerprint density at radius 1 is 1.21 bits per heavy atom. The molecule has 10 atom stereocenters. The summed E-state index contributed by atoms with van der Waals surface area (Å²) in [4.78, 5) is 11.9. The monoisotopic (exact) mass is 408 g/mol. The second kappa shape index (κ2) is 10.2. The van der Waals surface area contributed by atoms with Crippen molar-refractivity contribution in [2.45, 2.75) is 80.3 Å². The van der Waals surface area contributed by atoms with Crippen LogP contribution in [-0.4, -0.2) is 106 Å². The number of nitrogens with one attached hydrogen (secondary N) is 1. The predicted molar refractivity (Wildman–Crippen MR) is 95.4 cm³/mol. The molecule has 12 heteroatoms. The molecule has 0 radical (unpaired) electrons. The van der Waals surface area contributed by atoms with Crippen molar-refractivity contribution in [2.24, 2.45) is 17.2 Å². The predicted octanol–water partition coefficient (Wildman–Crippen LogP) is -5.19. The van der Waals surface area contributed by atoms with Gasteiger partial charge in [0, 0.05) is 12.1 Å². The Hall–Kier alpha value is -0.930. The first-order valence-corrected chi connectivity index (χ1v) is 9.35. The Morgan fingerprint density at radius 2 is 1.89 bits per heavy atom. The normalized spacial score (nSPS) is 42.8. The third kappa shape index (κ3) is 5.36. The number of nitrogens with two attached hydrogens (primary N) is 3. The number of hydrogen-bond acceptors (Lipinski definition) is 11. The molecule has 0 aromatic heterocycles. The Labute approximate surface area is 162 Å². The summed E-state index contributed by atoms with van der Waals surface area (Å²) >= 11 is 0. The van der Waals surface area contributed by atoms with Gasteiger partial charge >= 0.3 is 0 Å². The van der Waals surface area contributed by atoms with Crippen LogP contribution in [0.3, 0.4) is 0 Å². The molecule has 1 amide bonds. The van der Waals surface area contributed by atoms with Crippen molar-refractivity contribution in [3.8, 4) is 0 Å². The van der Waals surface area contributed by atoms with E-state index < -0.39 is 73.6 Å². The quantitative estimate of drug-likeness (QED) is 0.193. The van der Waals surface area contributed by atoms with Crippen LogP contribution in [0.25, 0.3) is 0 Å². The van der Waals surface area contributed by atoms with Gasteiger partial charge in [-0.2, -0.15) is 0 Å². The topological polar surface area (TPSA) is 227 Å². The molecule has 2 aliphatic rings. The molecule has 0 bridgehead atoms. The fourth-order valence-electron chi connectivity index (χ4n) is 3.55. The lowest BCUT2D eigenvalue weighted by molar-refractivity contribution is -0.289. The van der Waals surface area contributed by atoms with Gasteiger partial charge in [-0.25, -0.2) is 0 Å². The van der Waals surface area contributed by atoms with Crippen LogP contribution >= 0.6 is 0 Å². The van der Waals surface area contributed by atoms with Crippen LogP contribution in [0.5, 0.6) is 0 Å². The molecular formula is C16H32N4O8. The highest BCUT2D eigenvalue weighted by Gasteiger charge is 2.46. The minimum atomic E-state index is -1.39. The zero-order valence-corrected chi connectivity index (χ0v) is 15.5. The molecule has 28 heavy (non-hydrogen) atoms. The molecule has 7 unspecified atom stereocenters. The summed E-state index contributed by atoms with van der Waals surface area (Å²) in [7, 11) is 0. The first kappa shape index (κ1) is 23.3. The molecule has 2 fully saturated rings. The lowest BCUT2D eigenvalue weighted by Gasteiger charge is -2.44. The van der Waals surface area contributed by atoms with E-state index in [0.717, 1.165) is 0 Å². The second-order valence-electron chi connectivity index (χ2n) is 7.39. The van der Waals surface area contributed by atoms with E-state index in [4.69, 9.17) is 26.7 Å². The molecule has 0 aromatic rings. The first-order valence-electron chi connectivity index (χ1n) is 9.35. The average molecular weight is 408 g/mol. The zero-order valence-electron chi connectivity index (χ0n) is 15.5. The van der Waals surface area contributed by atoms with Crippen molar-refractivity contribution < 1.29 is 39.8 Å². The van der Waals surface area contributed by atoms with E-state index in [1.165, 1.54) is 0 Å². The molecular weight excluding hydrogens is 376 g/mol. The number of hydrogen-bond donors (Lipinski definition) is 9. The zero-order chi connectivity index (χ0) is 21.0. The molecule has 12 nitrogen and oxygen atoms in total. The van der Waals surface area contributed by atoms with Crippen LogP contribution in [0.2, 0.25) is 0 Å². The molecule has 2 rings (SSSR count). The number of aliphatic hydroxyl groups excluding tert-OH is 5. The highest BCUT2D eigenvalue weighted by molar-refractivity contribution is 5.80. The van der Waals surface area contributed by atoms with Crippen molar-refractivity contribution in [1.29, 1.82) is 0 Å². The molecule has 164 valence electrons. The maximum Gasteiger partial charge on any atom is 0.249 e. The second-order valence-corrected chi connectivity index (χ2v) is 7.39. The molecule has 1 aliphatic carbocycles. The standard InChI is InChI=1S/C16H32N4O8/c17-2-1-8(22)15(26)20-6-3-7(18)14(9(23)4-6)28-16-11(19)13(25)12(24)10(5-21)27-16/h6-14,16,21-25H,1-5,17-19H2,(H,20,26)/t6-,7?,8+,9-,10?,11?,12?,13?,14?,16?/m1/s1. The number of amides is 1. The average Bonchev–Trinajstić information content (AvgIpc) is 2.64. The van der Waals surface area contributed by atoms with Crippen LogP contribution in [0.4, 0.5) is 0 Å². The van der Waals surface area contributed by atoms with E-state index in [9.17, 15) is 30.3 Å². The summed E-state index contributed by atoms with van der Waals surface area (Å²) in [6, 6.07) is -2.28. The molecule has 1 heterocycles. The number of aliphatic hydroxyl groups is 5. The van der Waals surface area contributed by atoms with Crippen LogP contribution in [0.15, 0.2) is 0 Å². The summed E-state index contributed by atoms with van der Waals surface area (Å²) in [5.74, 6) is -0.588. The van der Waals surface area contributed by atoms with Crippen LogP contribution in [0, 0.1) is 0 Å². The van der Waals surface area contributed by atoms with E-state index in [0.29, 0.717) is 0 Å². The Kier molecular flexibility index (Phi) is 8.51. The minimum Gasteiger partial charge on any atom is -0.394 e. The lowest BCUT2D eigenvalue weighted by Crippen LogP contribution is -2.65. The highest BCUT2D eigenvalue weighted by Crippen LogP contribution is 2.27. The number of carbonyl (C=O) groups is 1. The van der Waals surface area contributed by atoms with Crippen molar-refractivity contribution in [2.75, 3.05) is 13.2 Å². The molecule has 1 saturated carbocycles. The van der Waals surface area contributed by atoms with Crippen molar-refractivity contribution in [1.82, 2.24) is 5.32 Å². The lowest BCUT2D eigenvalue weighted by atomic mass is 9.86. The van der Waals surface area contributed by atoms with Crippen LogP contribution in [-0.2, 0) is 14.3 Å². The Bertz CT molecular complexity index is 501. The van der Waals surface area contributed by atoms with E-state index in [1.54, 1.807) is 0 Å². The van der Waals surface area contributed by atoms with Crippen LogP contribution < -0.4 is 22.5 Å². The summed E-state index contributed by atoms with van der Waals surface area (Å²) in [5.41, 5.74) is 17.2. The van der Waals surface area contributed by atoms with Gasteiger partial charge in [-0.05, 0) is 25.8 Å². The number of carbonyl (C=O) groups excluding carboxylic acids is 1. The molecule has 0 aromatic carbocycles. The number of rotatable bonds is 7. The van der Waals surface area contributed by atoms with Gasteiger partial charge in [-0.3, -0.25) is 4.79 Å². The van der Waals surface area contributed by atoms with Crippen molar-refractivity contribution in [3.63, 3.8) is 0 Å². The van der Waals surface area contributed by atoms with Crippen LogP contribution in [0.1, 0.15) is 19.3 Å².